The van der Waals surface area contributed by atoms with Gasteiger partial charge in [0.15, 0.2) is 0 Å². The largest absolute Gasteiger partial charge is 0.490 e. The highest BCUT2D eigenvalue weighted by Gasteiger charge is 2.44. The number of nitrogens with one attached hydrogen (secondary N) is 1. The van der Waals surface area contributed by atoms with Crippen molar-refractivity contribution in [1.29, 1.82) is 0 Å². The van der Waals surface area contributed by atoms with Gasteiger partial charge in [0.25, 0.3) is 0 Å². The predicted molar refractivity (Wildman–Crippen MR) is 139 cm³/mol. The van der Waals surface area contributed by atoms with Crippen LogP contribution in [0.15, 0.2) is 76.7 Å². The molecule has 0 radical (unpaired) electrons. The Hall–Kier alpha value is -4.23. The number of nitrogens with two attached hydrogens (primary N) is 2. The van der Waals surface area contributed by atoms with E-state index in [1.807, 2.05) is 31.2 Å². The normalized spacial score (nSPS) is 16.7. The van der Waals surface area contributed by atoms with Crippen LogP contribution in [0.5, 0.6) is 0 Å². The van der Waals surface area contributed by atoms with Crippen LogP contribution in [0.25, 0.3) is 11.1 Å². The number of nitrogens with zero attached hydrogens (tertiary/aromatic N) is 1. The number of aryl methyl sites for hydroxylation is 1. The van der Waals surface area contributed by atoms with Crippen LogP contribution in [0, 0.1) is 12.8 Å². The molecule has 0 unspecified atom stereocenters. The summed E-state index contributed by atoms with van der Waals surface area (Å²) in [6.07, 6.45) is -2.72. The molecule has 1 amide bonds. The molecule has 1 aliphatic carbocycles. The molecule has 3 aromatic carbocycles. The molecule has 1 fully saturated rings. The summed E-state index contributed by atoms with van der Waals surface area (Å²) < 4.78 is 55.6. The van der Waals surface area contributed by atoms with Crippen molar-refractivity contribution >= 4 is 33.8 Å². The fraction of sp³-hybridized carbons (Fsp3) is 0.192. The average Bonchev–Trinajstić information content (AvgIpc) is 3.65. The monoisotopic (exact) mass is 562 g/mol. The van der Waals surface area contributed by atoms with Crippen LogP contribution in [-0.4, -0.2) is 37.8 Å². The number of rotatable bonds is 6. The maximum atomic E-state index is 12.7. The van der Waals surface area contributed by atoms with Gasteiger partial charge in [-0.3, -0.25) is 4.79 Å². The number of hydrogen-bond donors (Lipinski definition) is 4. The fourth-order valence-electron chi connectivity index (χ4n) is 3.89. The summed E-state index contributed by atoms with van der Waals surface area (Å²) in [4.78, 5) is 21.7. The molecule has 4 rings (SSSR count). The molecule has 0 bridgehead atoms. The Kier molecular flexibility index (Phi) is 8.77. The number of sulfonamides is 1. The van der Waals surface area contributed by atoms with E-state index in [9.17, 15) is 26.4 Å². The Bertz CT molecular complexity index is 1510. The van der Waals surface area contributed by atoms with E-state index in [1.165, 1.54) is 6.07 Å². The Morgan fingerprint density at radius 2 is 1.72 bits per heavy atom. The molecule has 9 nitrogen and oxygen atoms in total. The molecule has 206 valence electrons. The molecule has 2 atom stereocenters. The van der Waals surface area contributed by atoms with Gasteiger partial charge in [0.05, 0.1) is 11.1 Å². The number of hydrogen-bond acceptors (Lipinski definition) is 6. The topological polar surface area (TPSA) is 165 Å². The van der Waals surface area contributed by atoms with Gasteiger partial charge in [0.2, 0.25) is 15.9 Å². The number of hydrazone groups is 1. The van der Waals surface area contributed by atoms with E-state index in [1.54, 1.807) is 42.6 Å². The summed E-state index contributed by atoms with van der Waals surface area (Å²) in [5.74, 6) is 2.50. The lowest BCUT2D eigenvalue weighted by atomic mass is 10.0. The molecule has 3 aromatic rings. The van der Waals surface area contributed by atoms with Gasteiger partial charge in [0, 0.05) is 17.2 Å². The van der Waals surface area contributed by atoms with E-state index in [2.05, 4.69) is 10.4 Å². The summed E-state index contributed by atoms with van der Waals surface area (Å²) in [6, 6.07) is 19.9. The first-order valence-corrected chi connectivity index (χ1v) is 12.9. The molecule has 0 aromatic heterocycles. The molecule has 1 saturated carbocycles. The van der Waals surface area contributed by atoms with Gasteiger partial charge in [0.1, 0.15) is 0 Å². The minimum absolute atomic E-state index is 0.0403. The zero-order chi connectivity index (χ0) is 29.0. The zero-order valence-electron chi connectivity index (χ0n) is 20.5. The highest BCUT2D eigenvalue weighted by Crippen LogP contribution is 2.48. The number of primary sulfonamides is 1. The molecular formula is C26H25F3N4O5S. The number of alkyl halides is 3. The molecule has 13 heteroatoms. The highest BCUT2D eigenvalue weighted by molar-refractivity contribution is 7.89. The van der Waals surface area contributed by atoms with E-state index in [4.69, 9.17) is 20.9 Å². The molecule has 0 spiro atoms. The number of benzene rings is 3. The third-order valence-electron chi connectivity index (χ3n) is 5.84. The van der Waals surface area contributed by atoms with Gasteiger partial charge in [-0.2, -0.15) is 18.3 Å². The quantitative estimate of drug-likeness (QED) is 0.202. The number of aliphatic carboxylic acids is 1. The first-order chi connectivity index (χ1) is 18.2. The van der Waals surface area contributed by atoms with Crippen LogP contribution in [-0.2, 0) is 19.6 Å². The Labute approximate surface area is 222 Å². The predicted octanol–water partition coefficient (Wildman–Crippen LogP) is 3.98. The minimum atomic E-state index is -5.08. The van der Waals surface area contributed by atoms with E-state index in [0.29, 0.717) is 16.8 Å². The van der Waals surface area contributed by atoms with Crippen LogP contribution < -0.4 is 16.3 Å². The number of carboxylic acid groups (broad SMARTS) is 1. The third-order valence-corrected chi connectivity index (χ3v) is 6.81. The second-order valence-electron chi connectivity index (χ2n) is 8.81. The summed E-state index contributed by atoms with van der Waals surface area (Å²) in [5, 5.41) is 19.0. The van der Waals surface area contributed by atoms with Crippen LogP contribution >= 0.6 is 0 Å². The second-order valence-corrected chi connectivity index (χ2v) is 10.3. The maximum absolute atomic E-state index is 12.7. The van der Waals surface area contributed by atoms with Gasteiger partial charge in [-0.25, -0.2) is 18.4 Å². The van der Waals surface area contributed by atoms with E-state index in [-0.39, 0.29) is 22.6 Å². The summed E-state index contributed by atoms with van der Waals surface area (Å²) in [7, 11) is -3.85. The van der Waals surface area contributed by atoms with Crippen molar-refractivity contribution in [2.45, 2.75) is 30.3 Å². The molecule has 0 heterocycles. The van der Waals surface area contributed by atoms with E-state index >= 15 is 0 Å². The number of carbonyl (C=O) groups is 2. The average molecular weight is 563 g/mol. The Balaban J connectivity index is 0.000000532. The molecule has 0 aliphatic heterocycles. The number of amides is 1. The van der Waals surface area contributed by atoms with Crippen LogP contribution in [0.2, 0.25) is 0 Å². The van der Waals surface area contributed by atoms with Gasteiger partial charge >= 0.3 is 12.1 Å². The minimum Gasteiger partial charge on any atom is -0.475 e. The highest BCUT2D eigenvalue weighted by atomic mass is 32.2. The summed E-state index contributed by atoms with van der Waals surface area (Å²) in [6.45, 7) is 1.88. The van der Waals surface area contributed by atoms with Crippen molar-refractivity contribution in [3.8, 4) is 11.1 Å². The van der Waals surface area contributed by atoms with E-state index < -0.39 is 22.2 Å². The van der Waals surface area contributed by atoms with Gasteiger partial charge in [-0.15, -0.1) is 0 Å². The van der Waals surface area contributed by atoms with Gasteiger partial charge in [-0.05, 0) is 60.2 Å². The Morgan fingerprint density at radius 3 is 2.28 bits per heavy atom. The smallest absolute Gasteiger partial charge is 0.475 e. The standard InChI is InChI=1S/C24H24N4O3S.C2HF3O2/c1-15-5-10-23(32(26,30)31)21(11-15)17-6-8-19(9-7-17)28-24(29)22-13-20(22)18-4-2-3-16(12-18)14-27-25;3-2(4,5)1(6)7/h2-12,14,20,22H,13,25H2,1H3,(H,28,29)(H2,26,30,31);(H,6,7)/t20-,22+;/m0./s1. The van der Waals surface area contributed by atoms with Crippen molar-refractivity contribution < 1.29 is 36.3 Å². The van der Waals surface area contributed by atoms with Crippen molar-refractivity contribution in [2.24, 2.45) is 22.0 Å². The molecule has 0 saturated heterocycles. The first kappa shape index (κ1) is 29.3. The van der Waals surface area contributed by atoms with Crippen LogP contribution in [0.3, 0.4) is 0 Å². The molecular weight excluding hydrogens is 537 g/mol. The molecule has 1 aliphatic rings. The van der Waals surface area contributed by atoms with Crippen LogP contribution in [0.1, 0.15) is 29.0 Å². The summed E-state index contributed by atoms with van der Waals surface area (Å²) in [5.41, 5.74) is 4.81. The van der Waals surface area contributed by atoms with Crippen molar-refractivity contribution in [3.05, 3.63) is 83.4 Å². The fourth-order valence-corrected chi connectivity index (χ4v) is 4.64. The van der Waals surface area contributed by atoms with Crippen molar-refractivity contribution in [3.63, 3.8) is 0 Å². The number of carboxylic acids is 1. The van der Waals surface area contributed by atoms with Crippen molar-refractivity contribution in [2.75, 3.05) is 5.32 Å². The number of carbonyl (C=O) groups excluding carboxylic acids is 1. The van der Waals surface area contributed by atoms with E-state index in [0.717, 1.165) is 23.1 Å². The number of halogens is 3. The SMILES string of the molecule is Cc1ccc(S(N)(=O)=O)c(-c2ccc(NC(=O)[C@@H]3C[C@H]3c3cccc(C=NN)c3)cc2)c1.O=C(O)C(F)(F)F. The van der Waals surface area contributed by atoms with Crippen LogP contribution in [0.4, 0.5) is 18.9 Å². The third kappa shape index (κ3) is 7.88. The first-order valence-electron chi connectivity index (χ1n) is 11.4. The van der Waals surface area contributed by atoms with Gasteiger partial charge < -0.3 is 16.3 Å². The maximum Gasteiger partial charge on any atom is 0.490 e. The Morgan fingerprint density at radius 1 is 1.08 bits per heavy atom. The molecule has 6 N–H and O–H groups in total. The lowest BCUT2D eigenvalue weighted by Gasteiger charge is -2.11. The van der Waals surface area contributed by atoms with Crippen molar-refractivity contribution in [1.82, 2.24) is 0 Å². The number of anilines is 1. The second kappa shape index (κ2) is 11.7. The zero-order valence-corrected chi connectivity index (χ0v) is 21.3. The summed E-state index contributed by atoms with van der Waals surface area (Å²) >= 11 is 0. The molecule has 39 heavy (non-hydrogen) atoms. The lowest BCUT2D eigenvalue weighted by Crippen LogP contribution is -2.21. The van der Waals surface area contributed by atoms with Gasteiger partial charge in [-0.1, -0.05) is 48.0 Å². The lowest BCUT2D eigenvalue weighted by molar-refractivity contribution is -0.192.